The molecule has 28 heavy (non-hydrogen) atoms. The molecule has 1 heterocycles. The second-order valence-corrected chi connectivity index (χ2v) is 6.86. The van der Waals surface area contributed by atoms with Gasteiger partial charge in [0.15, 0.2) is 5.16 Å². The maximum absolute atomic E-state index is 12.2. The largest absolute Gasteiger partial charge is 0.325 e. The fourth-order valence-corrected chi connectivity index (χ4v) is 3.16. The van der Waals surface area contributed by atoms with Crippen molar-refractivity contribution in [2.45, 2.75) is 12.1 Å². The van der Waals surface area contributed by atoms with Gasteiger partial charge in [0.2, 0.25) is 5.91 Å². The second-order valence-electron chi connectivity index (χ2n) is 5.89. The Kier molecular flexibility index (Phi) is 5.85. The lowest BCUT2D eigenvalue weighted by atomic mass is 10.1. The van der Waals surface area contributed by atoms with Crippen LogP contribution in [0.3, 0.4) is 0 Å². The first-order valence-electron chi connectivity index (χ1n) is 8.27. The number of aromatic nitrogens is 2. The number of rotatable bonds is 6. The third-order valence-electron chi connectivity index (χ3n) is 3.82. The molecule has 2 aromatic carbocycles. The average Bonchev–Trinajstić information content (AvgIpc) is 2.68. The lowest BCUT2D eigenvalue weighted by molar-refractivity contribution is -0.384. The summed E-state index contributed by atoms with van der Waals surface area (Å²) in [6, 6.07) is 14.9. The van der Waals surface area contributed by atoms with Gasteiger partial charge < -0.3 is 10.3 Å². The summed E-state index contributed by atoms with van der Waals surface area (Å²) in [5.74, 6) is -0.285. The van der Waals surface area contributed by atoms with E-state index < -0.39 is 4.92 Å². The van der Waals surface area contributed by atoms with Gasteiger partial charge in [-0.3, -0.25) is 19.7 Å². The standard InChI is InChI=1S/C19H16N4O4S/c1-12-9-14(23(26)27)7-8-15(12)20-18(25)11-28-19-21-16(10-17(24)22-19)13-5-3-2-4-6-13/h2-10H,11H2,1H3,(H,20,25)(H,21,22,24). The Morgan fingerprint density at radius 3 is 2.64 bits per heavy atom. The summed E-state index contributed by atoms with van der Waals surface area (Å²) in [5.41, 5.74) is 2.08. The highest BCUT2D eigenvalue weighted by Crippen LogP contribution is 2.22. The van der Waals surface area contributed by atoms with Crippen LogP contribution in [0.2, 0.25) is 0 Å². The van der Waals surface area contributed by atoms with Crippen molar-refractivity contribution in [1.82, 2.24) is 9.97 Å². The monoisotopic (exact) mass is 396 g/mol. The van der Waals surface area contributed by atoms with E-state index in [9.17, 15) is 19.7 Å². The molecule has 0 atom stereocenters. The highest BCUT2D eigenvalue weighted by molar-refractivity contribution is 7.99. The molecule has 2 N–H and O–H groups in total. The Hall–Kier alpha value is -3.46. The molecule has 1 amide bonds. The molecule has 0 aliphatic rings. The van der Waals surface area contributed by atoms with E-state index in [0.29, 0.717) is 22.1 Å². The van der Waals surface area contributed by atoms with Crippen molar-refractivity contribution in [2.75, 3.05) is 11.1 Å². The van der Waals surface area contributed by atoms with Crippen molar-refractivity contribution < 1.29 is 9.72 Å². The first-order valence-corrected chi connectivity index (χ1v) is 9.25. The molecular formula is C19H16N4O4S. The minimum absolute atomic E-state index is 0.0254. The number of aryl methyl sites for hydroxylation is 1. The van der Waals surface area contributed by atoms with Gasteiger partial charge in [-0.2, -0.15) is 0 Å². The quantitative estimate of drug-likeness (QED) is 0.285. The number of non-ortho nitro benzene ring substituents is 1. The fraction of sp³-hybridized carbons (Fsp3) is 0.105. The molecular weight excluding hydrogens is 380 g/mol. The predicted molar refractivity (Wildman–Crippen MR) is 107 cm³/mol. The number of anilines is 1. The molecule has 0 bridgehead atoms. The Labute approximate surface area is 164 Å². The number of thioether (sulfide) groups is 1. The van der Waals surface area contributed by atoms with Gasteiger partial charge in [0.05, 0.1) is 16.4 Å². The van der Waals surface area contributed by atoms with Crippen LogP contribution in [-0.4, -0.2) is 26.6 Å². The smallest absolute Gasteiger partial charge is 0.269 e. The zero-order chi connectivity index (χ0) is 20.1. The molecule has 1 aromatic heterocycles. The molecule has 0 fully saturated rings. The summed E-state index contributed by atoms with van der Waals surface area (Å²) in [6.45, 7) is 1.68. The highest BCUT2D eigenvalue weighted by Gasteiger charge is 2.12. The number of hydrogen-bond donors (Lipinski definition) is 2. The van der Waals surface area contributed by atoms with Gasteiger partial charge in [0.1, 0.15) is 0 Å². The number of nitrogens with zero attached hydrogens (tertiary/aromatic N) is 2. The minimum atomic E-state index is -0.490. The first kappa shape index (κ1) is 19.3. The molecule has 3 rings (SSSR count). The summed E-state index contributed by atoms with van der Waals surface area (Å²) >= 11 is 1.10. The summed E-state index contributed by atoms with van der Waals surface area (Å²) in [4.78, 5) is 41.4. The second kappa shape index (κ2) is 8.49. The van der Waals surface area contributed by atoms with Gasteiger partial charge in [-0.05, 0) is 18.6 Å². The van der Waals surface area contributed by atoms with Crippen molar-refractivity contribution in [3.05, 3.63) is 80.6 Å². The maximum Gasteiger partial charge on any atom is 0.269 e. The molecule has 0 spiro atoms. The van der Waals surface area contributed by atoms with Crippen LogP contribution in [0.25, 0.3) is 11.3 Å². The van der Waals surface area contributed by atoms with Crippen LogP contribution in [0, 0.1) is 17.0 Å². The van der Waals surface area contributed by atoms with E-state index in [1.165, 1.54) is 24.3 Å². The molecule has 0 unspecified atom stereocenters. The third kappa shape index (κ3) is 4.83. The van der Waals surface area contributed by atoms with E-state index in [0.717, 1.165) is 17.3 Å². The molecule has 142 valence electrons. The number of carbonyl (C=O) groups is 1. The third-order valence-corrected chi connectivity index (χ3v) is 4.70. The van der Waals surface area contributed by atoms with E-state index in [1.807, 2.05) is 30.3 Å². The summed E-state index contributed by atoms with van der Waals surface area (Å²) < 4.78 is 0. The van der Waals surface area contributed by atoms with Crippen LogP contribution in [-0.2, 0) is 4.79 Å². The van der Waals surface area contributed by atoms with Gasteiger partial charge >= 0.3 is 0 Å². The van der Waals surface area contributed by atoms with E-state index in [-0.39, 0.29) is 22.9 Å². The Morgan fingerprint density at radius 1 is 1.21 bits per heavy atom. The average molecular weight is 396 g/mol. The van der Waals surface area contributed by atoms with Gasteiger partial charge in [0.25, 0.3) is 11.2 Å². The number of amides is 1. The summed E-state index contributed by atoms with van der Waals surface area (Å²) in [5, 5.41) is 13.8. The van der Waals surface area contributed by atoms with Gasteiger partial charge in [-0.1, -0.05) is 42.1 Å². The molecule has 0 aliphatic carbocycles. The number of H-pyrrole nitrogens is 1. The van der Waals surface area contributed by atoms with Gasteiger partial charge in [0, 0.05) is 29.4 Å². The van der Waals surface area contributed by atoms with Crippen LogP contribution in [0.1, 0.15) is 5.56 Å². The number of nitro benzene ring substituents is 1. The Morgan fingerprint density at radius 2 is 1.96 bits per heavy atom. The van der Waals surface area contributed by atoms with Crippen molar-refractivity contribution in [3.63, 3.8) is 0 Å². The van der Waals surface area contributed by atoms with E-state index in [1.54, 1.807) is 6.92 Å². The highest BCUT2D eigenvalue weighted by atomic mass is 32.2. The van der Waals surface area contributed by atoms with Crippen LogP contribution >= 0.6 is 11.8 Å². The Bertz CT molecular complexity index is 1080. The normalized spacial score (nSPS) is 10.5. The number of carbonyl (C=O) groups excluding carboxylic acids is 1. The van der Waals surface area contributed by atoms with E-state index in [4.69, 9.17) is 0 Å². The van der Waals surface area contributed by atoms with Gasteiger partial charge in [-0.25, -0.2) is 4.98 Å². The van der Waals surface area contributed by atoms with Crippen LogP contribution < -0.4 is 10.9 Å². The topological polar surface area (TPSA) is 118 Å². The summed E-state index contributed by atoms with van der Waals surface area (Å²) in [7, 11) is 0. The molecule has 9 heteroatoms. The van der Waals surface area contributed by atoms with Crippen LogP contribution in [0.4, 0.5) is 11.4 Å². The predicted octanol–water partition coefficient (Wildman–Crippen LogP) is 3.38. The number of aromatic amines is 1. The number of benzene rings is 2. The van der Waals surface area contributed by atoms with Gasteiger partial charge in [-0.15, -0.1) is 0 Å². The van der Waals surface area contributed by atoms with Crippen molar-refractivity contribution in [1.29, 1.82) is 0 Å². The minimum Gasteiger partial charge on any atom is -0.325 e. The van der Waals surface area contributed by atoms with Crippen LogP contribution in [0.15, 0.2) is 64.5 Å². The van der Waals surface area contributed by atoms with E-state index in [2.05, 4.69) is 15.3 Å². The number of nitro groups is 1. The molecule has 8 nitrogen and oxygen atoms in total. The lowest BCUT2D eigenvalue weighted by Gasteiger charge is -2.08. The Balaban J connectivity index is 1.67. The van der Waals surface area contributed by atoms with Crippen LogP contribution in [0.5, 0.6) is 0 Å². The SMILES string of the molecule is Cc1cc([N+](=O)[O-])ccc1NC(=O)CSc1nc(-c2ccccc2)cc(=O)[nH]1. The molecule has 3 aromatic rings. The lowest BCUT2D eigenvalue weighted by Crippen LogP contribution is -2.16. The molecule has 0 aliphatic heterocycles. The van der Waals surface area contributed by atoms with Crippen molar-refractivity contribution in [3.8, 4) is 11.3 Å². The zero-order valence-electron chi connectivity index (χ0n) is 14.8. The molecule has 0 radical (unpaired) electrons. The summed E-state index contributed by atoms with van der Waals surface area (Å²) in [6.07, 6.45) is 0. The number of hydrogen-bond acceptors (Lipinski definition) is 6. The van der Waals surface area contributed by atoms with Crippen molar-refractivity contribution >= 4 is 29.0 Å². The maximum atomic E-state index is 12.2. The zero-order valence-corrected chi connectivity index (χ0v) is 15.7. The number of nitrogens with one attached hydrogen (secondary N) is 2. The first-order chi connectivity index (χ1) is 13.4. The van der Waals surface area contributed by atoms with E-state index >= 15 is 0 Å². The fourth-order valence-electron chi connectivity index (χ4n) is 2.48. The van der Waals surface area contributed by atoms with Crippen molar-refractivity contribution in [2.24, 2.45) is 0 Å². The molecule has 0 saturated carbocycles. The molecule has 0 saturated heterocycles.